The molecule has 6 heteroatoms. The topological polar surface area (TPSA) is 90.4 Å². The number of furan rings is 1. The second-order valence-electron chi connectivity index (χ2n) is 6.67. The van der Waals surface area contributed by atoms with Gasteiger partial charge in [-0.25, -0.2) is 0 Å². The van der Waals surface area contributed by atoms with E-state index in [4.69, 9.17) is 4.42 Å². The third kappa shape index (κ3) is 2.75. The number of fused-ring (bicyclic) bond motifs is 1. The molecule has 4 rings (SSSR count). The molecule has 0 saturated heterocycles. The zero-order chi connectivity index (χ0) is 20.0. The standard InChI is InChI=1S/C22H15NO5/c1-12-10-19(23(26)27)13(2)9-17(12)20-8-7-14(28-20)11-18-21(24)15-5-3-4-6-16(15)22(18)25/h3-11H,1-2H3. The van der Waals surface area contributed by atoms with Crippen molar-refractivity contribution in [1.29, 1.82) is 0 Å². The Hall–Kier alpha value is -3.80. The van der Waals surface area contributed by atoms with E-state index in [1.807, 2.05) is 0 Å². The maximum Gasteiger partial charge on any atom is 0.272 e. The predicted molar refractivity (Wildman–Crippen MR) is 103 cm³/mol. The van der Waals surface area contributed by atoms with Crippen LogP contribution in [-0.2, 0) is 0 Å². The molecule has 0 N–H and O–H groups in total. The number of allylic oxidation sites excluding steroid dienone is 1. The third-order valence-electron chi connectivity index (χ3n) is 4.82. The molecule has 1 aliphatic carbocycles. The highest BCUT2D eigenvalue weighted by Gasteiger charge is 2.32. The molecule has 1 aromatic heterocycles. The third-order valence-corrected chi connectivity index (χ3v) is 4.82. The van der Waals surface area contributed by atoms with Crippen LogP contribution in [0.1, 0.15) is 37.6 Å². The summed E-state index contributed by atoms with van der Waals surface area (Å²) < 4.78 is 5.81. The maximum atomic E-state index is 12.5. The average molecular weight is 373 g/mol. The maximum absolute atomic E-state index is 12.5. The van der Waals surface area contributed by atoms with Crippen LogP contribution in [0.25, 0.3) is 17.4 Å². The monoisotopic (exact) mass is 373 g/mol. The van der Waals surface area contributed by atoms with Crippen molar-refractivity contribution < 1.29 is 18.9 Å². The van der Waals surface area contributed by atoms with Gasteiger partial charge in [0.2, 0.25) is 0 Å². The summed E-state index contributed by atoms with van der Waals surface area (Å²) >= 11 is 0. The lowest BCUT2D eigenvalue weighted by Gasteiger charge is -2.05. The summed E-state index contributed by atoms with van der Waals surface area (Å²) in [6.07, 6.45) is 1.45. The van der Waals surface area contributed by atoms with Crippen molar-refractivity contribution >= 4 is 23.3 Å². The minimum atomic E-state index is -0.418. The molecule has 0 unspecified atom stereocenters. The molecule has 1 heterocycles. The van der Waals surface area contributed by atoms with Crippen LogP contribution in [0.3, 0.4) is 0 Å². The van der Waals surface area contributed by atoms with Gasteiger partial charge in [0.1, 0.15) is 11.5 Å². The summed E-state index contributed by atoms with van der Waals surface area (Å²) in [7, 11) is 0. The van der Waals surface area contributed by atoms with Gasteiger partial charge in [-0.05, 0) is 43.7 Å². The number of nitro groups is 1. The molecule has 0 saturated carbocycles. The number of nitro benzene ring substituents is 1. The fraction of sp³-hybridized carbons (Fsp3) is 0.0909. The van der Waals surface area contributed by atoms with Crippen molar-refractivity contribution in [2.75, 3.05) is 0 Å². The zero-order valence-corrected chi connectivity index (χ0v) is 15.2. The summed E-state index contributed by atoms with van der Waals surface area (Å²) in [6.45, 7) is 3.43. The number of hydrogen-bond donors (Lipinski definition) is 0. The summed E-state index contributed by atoms with van der Waals surface area (Å²) in [5.74, 6) is 0.245. The highest BCUT2D eigenvalue weighted by atomic mass is 16.6. The van der Waals surface area contributed by atoms with Crippen molar-refractivity contribution in [1.82, 2.24) is 0 Å². The van der Waals surface area contributed by atoms with E-state index in [9.17, 15) is 19.7 Å². The van der Waals surface area contributed by atoms with Gasteiger partial charge in [0.05, 0.1) is 10.5 Å². The molecule has 0 fully saturated rings. The average Bonchev–Trinajstić information content (AvgIpc) is 3.23. The van der Waals surface area contributed by atoms with E-state index in [-0.39, 0.29) is 22.8 Å². The second kappa shape index (κ2) is 6.42. The molecule has 0 aliphatic heterocycles. The molecular weight excluding hydrogens is 358 g/mol. The van der Waals surface area contributed by atoms with Crippen molar-refractivity contribution in [3.05, 3.63) is 92.2 Å². The number of carbonyl (C=O) groups is 2. The SMILES string of the molecule is Cc1cc([N+](=O)[O-])c(C)cc1-c1ccc(C=C2C(=O)c3ccccc3C2=O)o1. The van der Waals surface area contributed by atoms with E-state index in [2.05, 4.69) is 0 Å². The Balaban J connectivity index is 1.71. The van der Waals surface area contributed by atoms with Gasteiger partial charge in [-0.1, -0.05) is 24.3 Å². The molecule has 0 amide bonds. The lowest BCUT2D eigenvalue weighted by Crippen LogP contribution is -1.99. The summed E-state index contributed by atoms with van der Waals surface area (Å²) in [6, 6.07) is 13.3. The van der Waals surface area contributed by atoms with Crippen molar-refractivity contribution in [3.8, 4) is 11.3 Å². The van der Waals surface area contributed by atoms with Crippen LogP contribution in [0.2, 0.25) is 0 Å². The molecule has 0 atom stereocenters. The molecular formula is C22H15NO5. The minimum absolute atomic E-state index is 0.0510. The summed E-state index contributed by atoms with van der Waals surface area (Å²) in [4.78, 5) is 35.7. The van der Waals surface area contributed by atoms with Gasteiger partial charge < -0.3 is 4.42 Å². The van der Waals surface area contributed by atoms with Crippen LogP contribution in [0.15, 0.2) is 58.5 Å². The number of nitrogens with zero attached hydrogens (tertiary/aromatic N) is 1. The fourth-order valence-electron chi connectivity index (χ4n) is 3.38. The van der Waals surface area contributed by atoms with E-state index in [1.165, 1.54) is 12.1 Å². The zero-order valence-electron chi connectivity index (χ0n) is 15.2. The first-order valence-electron chi connectivity index (χ1n) is 8.63. The Morgan fingerprint density at radius 2 is 1.54 bits per heavy atom. The first kappa shape index (κ1) is 17.6. The number of aryl methyl sites for hydroxylation is 2. The first-order chi connectivity index (χ1) is 13.4. The van der Waals surface area contributed by atoms with Crippen molar-refractivity contribution in [2.24, 2.45) is 0 Å². The van der Waals surface area contributed by atoms with Gasteiger partial charge in [0.15, 0.2) is 11.6 Å². The van der Waals surface area contributed by atoms with Crippen LogP contribution in [0.5, 0.6) is 0 Å². The minimum Gasteiger partial charge on any atom is -0.457 e. The fourth-order valence-corrected chi connectivity index (χ4v) is 3.38. The molecule has 3 aromatic rings. The Labute approximate surface area is 160 Å². The van der Waals surface area contributed by atoms with Gasteiger partial charge in [0.25, 0.3) is 5.69 Å². The Morgan fingerprint density at radius 1 is 0.893 bits per heavy atom. The number of Topliss-reactive ketones (excluding diaryl/α,β-unsaturated/α-hetero) is 2. The van der Waals surface area contributed by atoms with Gasteiger partial charge in [0, 0.05) is 28.3 Å². The van der Waals surface area contributed by atoms with Gasteiger partial charge in [-0.3, -0.25) is 19.7 Å². The first-order valence-corrected chi connectivity index (χ1v) is 8.63. The van der Waals surface area contributed by atoms with Crippen LogP contribution in [0.4, 0.5) is 5.69 Å². The quantitative estimate of drug-likeness (QED) is 0.281. The Kier molecular flexibility index (Phi) is 4.04. The second-order valence-corrected chi connectivity index (χ2v) is 6.67. The van der Waals surface area contributed by atoms with Crippen LogP contribution in [0, 0.1) is 24.0 Å². The highest BCUT2D eigenvalue weighted by Crippen LogP contribution is 2.33. The normalized spacial score (nSPS) is 13.0. The molecule has 2 aromatic carbocycles. The Morgan fingerprint density at radius 3 is 2.14 bits per heavy atom. The largest absolute Gasteiger partial charge is 0.457 e. The number of hydrogen-bond acceptors (Lipinski definition) is 5. The van der Waals surface area contributed by atoms with E-state index in [0.717, 1.165) is 5.56 Å². The van der Waals surface area contributed by atoms with Gasteiger partial charge in [-0.2, -0.15) is 0 Å². The molecule has 0 radical (unpaired) electrons. The van der Waals surface area contributed by atoms with E-state index >= 15 is 0 Å². The smallest absolute Gasteiger partial charge is 0.272 e. The van der Waals surface area contributed by atoms with Crippen molar-refractivity contribution in [2.45, 2.75) is 13.8 Å². The molecule has 28 heavy (non-hydrogen) atoms. The lowest BCUT2D eigenvalue weighted by molar-refractivity contribution is -0.385. The molecule has 138 valence electrons. The van der Waals surface area contributed by atoms with Gasteiger partial charge in [-0.15, -0.1) is 0 Å². The molecule has 0 spiro atoms. The van der Waals surface area contributed by atoms with Gasteiger partial charge >= 0.3 is 0 Å². The van der Waals surface area contributed by atoms with Crippen LogP contribution in [-0.4, -0.2) is 16.5 Å². The summed E-state index contributed by atoms with van der Waals surface area (Å²) in [5.41, 5.74) is 2.86. The van der Waals surface area contributed by atoms with E-state index in [0.29, 0.717) is 33.8 Å². The molecule has 1 aliphatic rings. The van der Waals surface area contributed by atoms with Crippen LogP contribution >= 0.6 is 0 Å². The Bertz CT molecular complexity index is 1160. The lowest BCUT2D eigenvalue weighted by atomic mass is 10.0. The number of carbonyl (C=O) groups excluding carboxylic acids is 2. The number of ketones is 2. The molecule has 6 nitrogen and oxygen atoms in total. The predicted octanol–water partition coefficient (Wildman–Crippen LogP) is 4.93. The highest BCUT2D eigenvalue weighted by molar-refractivity contribution is 6.41. The van der Waals surface area contributed by atoms with Crippen LogP contribution < -0.4 is 0 Å². The number of benzene rings is 2. The number of rotatable bonds is 3. The van der Waals surface area contributed by atoms with E-state index < -0.39 is 4.92 Å². The molecule has 0 bridgehead atoms. The van der Waals surface area contributed by atoms with E-state index in [1.54, 1.807) is 56.3 Å². The summed E-state index contributed by atoms with van der Waals surface area (Å²) in [5, 5.41) is 11.1. The van der Waals surface area contributed by atoms with Crippen molar-refractivity contribution in [3.63, 3.8) is 0 Å².